The van der Waals surface area contributed by atoms with Crippen LogP contribution < -0.4 is 0 Å². The summed E-state index contributed by atoms with van der Waals surface area (Å²) in [6, 6.07) is 21.6. The van der Waals surface area contributed by atoms with Crippen molar-refractivity contribution >= 4 is 59.0 Å². The van der Waals surface area contributed by atoms with Gasteiger partial charge in [0, 0.05) is 36.2 Å². The molecule has 2 aromatic carbocycles. The van der Waals surface area contributed by atoms with E-state index in [1.54, 1.807) is 0 Å². The Balaban J connectivity index is 1.000. The lowest BCUT2D eigenvalue weighted by molar-refractivity contribution is -0.159. The Labute approximate surface area is 313 Å². The molecule has 0 N–H and O–H groups in total. The molecule has 2 heterocycles. The van der Waals surface area contributed by atoms with Gasteiger partial charge in [0.05, 0.1) is 28.0 Å². The van der Waals surface area contributed by atoms with Gasteiger partial charge in [0.1, 0.15) is 5.60 Å². The van der Waals surface area contributed by atoms with E-state index in [1.165, 1.54) is 35.5 Å². The predicted octanol–water partition coefficient (Wildman–Crippen LogP) is 11.4. The van der Waals surface area contributed by atoms with Gasteiger partial charge >= 0.3 is 11.9 Å². The molecule has 0 aliphatic carbocycles. The summed E-state index contributed by atoms with van der Waals surface area (Å²) in [7, 11) is 0. The largest absolute Gasteiger partial charge is 0.466 e. The number of carbonyl (C=O) groups is 2. The van der Waals surface area contributed by atoms with Crippen molar-refractivity contribution < 1.29 is 23.8 Å². The number of rotatable bonds is 20. The predicted molar refractivity (Wildman–Crippen MR) is 213 cm³/mol. The molecule has 0 radical (unpaired) electrons. The third-order valence-corrected chi connectivity index (χ3v) is 15.4. The van der Waals surface area contributed by atoms with Crippen LogP contribution in [0.25, 0.3) is 0 Å². The second kappa shape index (κ2) is 21.3. The lowest BCUT2D eigenvalue weighted by Gasteiger charge is -2.30. The maximum absolute atomic E-state index is 12.6. The average Bonchev–Trinajstić information content (AvgIpc) is 3.09. The average molecular weight is 747 g/mol. The number of hydrogen-bond acceptors (Lipinski definition) is 9. The summed E-state index contributed by atoms with van der Waals surface area (Å²) in [5.74, 6) is 2.16. The van der Waals surface area contributed by atoms with Crippen LogP contribution in [0.5, 0.6) is 0 Å². The molecule has 49 heavy (non-hydrogen) atoms. The summed E-state index contributed by atoms with van der Waals surface area (Å²) in [5, 5.41) is 1.32. The van der Waals surface area contributed by atoms with Crippen LogP contribution in [0, 0.1) is 0 Å². The summed E-state index contributed by atoms with van der Waals surface area (Å²) < 4.78 is 18.6. The van der Waals surface area contributed by atoms with Crippen LogP contribution in [0.2, 0.25) is 0 Å². The SMILES string of the molecule is CC(C)(CCOC(=O)CCCCC1CCSC(c2ccccc2)S1)OCCC(C)(C)OC(=O)CCCCC1CCSC(c2ccccc2)S1. The first-order chi connectivity index (χ1) is 23.6. The van der Waals surface area contributed by atoms with Gasteiger partial charge < -0.3 is 14.2 Å². The van der Waals surface area contributed by atoms with Crippen LogP contribution in [-0.2, 0) is 23.8 Å². The summed E-state index contributed by atoms with van der Waals surface area (Å²) in [6.07, 6.45) is 10.8. The van der Waals surface area contributed by atoms with Crippen molar-refractivity contribution in [2.45, 2.75) is 136 Å². The molecule has 0 saturated carbocycles. The van der Waals surface area contributed by atoms with Gasteiger partial charge in [-0.1, -0.05) is 73.5 Å². The van der Waals surface area contributed by atoms with Gasteiger partial charge in [-0.15, -0.1) is 47.0 Å². The summed E-state index contributed by atoms with van der Waals surface area (Å²) in [4.78, 5) is 25.0. The van der Waals surface area contributed by atoms with Crippen LogP contribution in [0.1, 0.15) is 125 Å². The van der Waals surface area contributed by atoms with E-state index < -0.39 is 11.2 Å². The molecule has 4 atom stereocenters. The minimum atomic E-state index is -0.587. The van der Waals surface area contributed by atoms with Gasteiger partial charge in [-0.2, -0.15) is 0 Å². The molecule has 2 aromatic rings. The van der Waals surface area contributed by atoms with Crippen molar-refractivity contribution in [1.29, 1.82) is 0 Å². The molecule has 2 saturated heterocycles. The lowest BCUT2D eigenvalue weighted by Crippen LogP contribution is -2.33. The Morgan fingerprint density at radius 3 is 1.67 bits per heavy atom. The number of thioether (sulfide) groups is 4. The van der Waals surface area contributed by atoms with Crippen molar-refractivity contribution in [3.05, 3.63) is 71.8 Å². The van der Waals surface area contributed by atoms with Gasteiger partial charge in [0.25, 0.3) is 0 Å². The summed E-state index contributed by atoms with van der Waals surface area (Å²) in [6.45, 7) is 8.78. The molecule has 9 heteroatoms. The van der Waals surface area contributed by atoms with Gasteiger partial charge in [0.2, 0.25) is 0 Å². The van der Waals surface area contributed by atoms with E-state index >= 15 is 0 Å². The Hall–Kier alpha value is -1.26. The lowest BCUT2D eigenvalue weighted by atomic mass is 10.0. The minimum Gasteiger partial charge on any atom is -0.466 e. The highest BCUT2D eigenvalue weighted by Crippen LogP contribution is 2.49. The zero-order chi connectivity index (χ0) is 35.0. The van der Waals surface area contributed by atoms with Crippen molar-refractivity contribution in [2.75, 3.05) is 24.7 Å². The molecule has 2 aliphatic rings. The van der Waals surface area contributed by atoms with E-state index in [4.69, 9.17) is 14.2 Å². The van der Waals surface area contributed by atoms with Gasteiger partial charge in [-0.25, -0.2) is 0 Å². The molecule has 0 aromatic heterocycles. The molecule has 272 valence electrons. The summed E-state index contributed by atoms with van der Waals surface area (Å²) in [5.41, 5.74) is 1.80. The molecule has 0 bridgehead atoms. The van der Waals surface area contributed by atoms with E-state index in [-0.39, 0.29) is 11.9 Å². The first-order valence-corrected chi connectivity index (χ1v) is 22.2. The summed E-state index contributed by atoms with van der Waals surface area (Å²) >= 11 is 8.26. The third kappa shape index (κ3) is 15.9. The minimum absolute atomic E-state index is 0.120. The Morgan fingerprint density at radius 1 is 0.653 bits per heavy atom. The quantitative estimate of drug-likeness (QED) is 0.0973. The molecular formula is C40H58O5S4. The third-order valence-electron chi connectivity index (χ3n) is 9.06. The zero-order valence-corrected chi connectivity index (χ0v) is 33.3. The van der Waals surface area contributed by atoms with E-state index in [1.807, 2.05) is 51.2 Å². The van der Waals surface area contributed by atoms with Gasteiger partial charge in [-0.05, 0) is 88.9 Å². The molecule has 2 aliphatic heterocycles. The monoisotopic (exact) mass is 746 g/mol. The van der Waals surface area contributed by atoms with Crippen LogP contribution in [0.4, 0.5) is 0 Å². The van der Waals surface area contributed by atoms with Gasteiger partial charge in [-0.3, -0.25) is 9.59 Å². The van der Waals surface area contributed by atoms with Crippen LogP contribution >= 0.6 is 47.0 Å². The molecule has 4 rings (SSSR count). The molecule has 4 unspecified atom stereocenters. The van der Waals surface area contributed by atoms with Crippen molar-refractivity contribution in [2.24, 2.45) is 0 Å². The fourth-order valence-electron chi connectivity index (χ4n) is 5.99. The van der Waals surface area contributed by atoms with E-state index in [9.17, 15) is 9.59 Å². The normalized spacial score (nSPS) is 21.6. The fourth-order valence-corrected chi connectivity index (χ4v) is 12.8. The maximum Gasteiger partial charge on any atom is 0.306 e. The molecule has 2 fully saturated rings. The van der Waals surface area contributed by atoms with Crippen LogP contribution in [-0.4, -0.2) is 58.4 Å². The smallest absolute Gasteiger partial charge is 0.306 e. The van der Waals surface area contributed by atoms with E-state index in [2.05, 4.69) is 84.2 Å². The van der Waals surface area contributed by atoms with E-state index in [0.29, 0.717) is 58.6 Å². The standard InChI is InChI=1S/C40H58O5S4/c1-39(2,25-27-43-35(41)21-13-11-19-33-23-29-46-37(48-33)31-15-7-5-8-16-31)44-28-26-40(3,4)45-36(42)22-14-12-20-34-24-30-47-38(49-34)32-17-9-6-10-18-32/h5-10,15-18,33-34,37-38H,11-14,19-30H2,1-4H3. The second-order valence-corrected chi connectivity index (χ2v) is 20.2. The zero-order valence-electron chi connectivity index (χ0n) is 30.1. The van der Waals surface area contributed by atoms with Gasteiger partial charge in [0.15, 0.2) is 0 Å². The highest BCUT2D eigenvalue weighted by atomic mass is 32.2. The Kier molecular flexibility index (Phi) is 17.6. The van der Waals surface area contributed by atoms with Crippen molar-refractivity contribution in [1.82, 2.24) is 0 Å². The number of carbonyl (C=O) groups excluding carboxylic acids is 2. The van der Waals surface area contributed by atoms with E-state index in [0.717, 1.165) is 38.5 Å². The number of benzene rings is 2. The molecular weight excluding hydrogens is 689 g/mol. The first kappa shape index (κ1) is 40.5. The fraction of sp³-hybridized carbons (Fsp3) is 0.650. The topological polar surface area (TPSA) is 61.8 Å². The Morgan fingerprint density at radius 2 is 1.14 bits per heavy atom. The van der Waals surface area contributed by atoms with Crippen LogP contribution in [0.15, 0.2) is 60.7 Å². The van der Waals surface area contributed by atoms with Crippen LogP contribution in [0.3, 0.4) is 0 Å². The maximum atomic E-state index is 12.6. The number of esters is 2. The first-order valence-electron chi connectivity index (χ1n) is 18.2. The molecule has 0 amide bonds. The molecule has 5 nitrogen and oxygen atoms in total. The Bertz CT molecular complexity index is 1240. The number of hydrogen-bond donors (Lipinski definition) is 0. The second-order valence-electron chi connectivity index (χ2n) is 14.4. The van der Waals surface area contributed by atoms with Crippen molar-refractivity contribution in [3.8, 4) is 0 Å². The molecule has 0 spiro atoms. The highest BCUT2D eigenvalue weighted by Gasteiger charge is 2.27. The number of unbranched alkanes of at least 4 members (excludes halogenated alkanes) is 2. The highest BCUT2D eigenvalue weighted by molar-refractivity contribution is 8.17. The van der Waals surface area contributed by atoms with Crippen molar-refractivity contribution in [3.63, 3.8) is 0 Å². The number of ether oxygens (including phenoxy) is 3.